The van der Waals surface area contributed by atoms with Crippen molar-refractivity contribution in [1.29, 1.82) is 0 Å². The second-order valence-corrected chi connectivity index (χ2v) is 5.38. The first-order chi connectivity index (χ1) is 10.5. The molecular formula is C13H12ClN3O4S. The minimum Gasteiger partial charge on any atom is -0.465 e. The zero-order valence-corrected chi connectivity index (χ0v) is 13.1. The molecule has 22 heavy (non-hydrogen) atoms. The molecule has 0 saturated carbocycles. The zero-order valence-electron chi connectivity index (χ0n) is 11.5. The average molecular weight is 342 g/mol. The number of ether oxygens (including phenoxy) is 1. The maximum absolute atomic E-state index is 11.5. The lowest BCUT2D eigenvalue weighted by Gasteiger charge is -2.09. The maximum atomic E-state index is 11.5. The van der Waals surface area contributed by atoms with E-state index in [1.54, 1.807) is 5.51 Å². The van der Waals surface area contributed by atoms with Crippen LogP contribution in [0.5, 0.6) is 0 Å². The van der Waals surface area contributed by atoms with Gasteiger partial charge >= 0.3 is 5.97 Å². The summed E-state index contributed by atoms with van der Waals surface area (Å²) in [6, 6.07) is 2.46. The molecule has 0 atom stereocenters. The van der Waals surface area contributed by atoms with Crippen LogP contribution in [0.4, 0.5) is 11.4 Å². The highest BCUT2D eigenvalue weighted by Crippen LogP contribution is 2.31. The molecule has 0 aliphatic heterocycles. The number of esters is 1. The van der Waals surface area contributed by atoms with Gasteiger partial charge in [0.2, 0.25) is 0 Å². The third-order valence-corrected chi connectivity index (χ3v) is 3.82. The van der Waals surface area contributed by atoms with E-state index < -0.39 is 10.9 Å². The molecule has 0 aliphatic rings. The Bertz CT molecular complexity index is 691. The van der Waals surface area contributed by atoms with E-state index in [1.807, 2.05) is 5.38 Å². The van der Waals surface area contributed by atoms with Crippen LogP contribution in [-0.2, 0) is 11.2 Å². The van der Waals surface area contributed by atoms with E-state index in [1.165, 1.54) is 24.5 Å². The lowest BCUT2D eigenvalue weighted by Crippen LogP contribution is -2.09. The van der Waals surface area contributed by atoms with Crippen LogP contribution in [0, 0.1) is 10.1 Å². The summed E-state index contributed by atoms with van der Waals surface area (Å²) in [7, 11) is 1.19. The first kappa shape index (κ1) is 16.2. The molecule has 7 nitrogen and oxygen atoms in total. The highest BCUT2D eigenvalue weighted by Gasteiger charge is 2.21. The number of hydrogen-bond donors (Lipinski definition) is 1. The number of carbonyl (C=O) groups is 1. The number of nitro groups is 1. The minimum atomic E-state index is -0.720. The van der Waals surface area contributed by atoms with Crippen LogP contribution in [0.3, 0.4) is 0 Å². The van der Waals surface area contributed by atoms with Crippen molar-refractivity contribution in [2.75, 3.05) is 19.0 Å². The number of rotatable bonds is 6. The van der Waals surface area contributed by atoms with E-state index in [0.29, 0.717) is 13.0 Å². The molecule has 0 spiro atoms. The molecule has 0 amide bonds. The molecule has 2 aromatic rings. The summed E-state index contributed by atoms with van der Waals surface area (Å²) in [5.41, 5.74) is 2.60. The van der Waals surface area contributed by atoms with E-state index >= 15 is 0 Å². The molecule has 0 unspecified atom stereocenters. The Morgan fingerprint density at radius 2 is 2.32 bits per heavy atom. The number of benzene rings is 1. The number of aromatic nitrogens is 1. The molecule has 0 radical (unpaired) electrons. The fourth-order valence-corrected chi connectivity index (χ4v) is 2.64. The Kier molecular flexibility index (Phi) is 5.29. The second kappa shape index (κ2) is 7.19. The second-order valence-electron chi connectivity index (χ2n) is 4.25. The van der Waals surface area contributed by atoms with Crippen LogP contribution >= 0.6 is 22.9 Å². The highest BCUT2D eigenvalue weighted by atomic mass is 35.5. The molecule has 0 saturated heterocycles. The van der Waals surface area contributed by atoms with E-state index in [9.17, 15) is 14.9 Å². The summed E-state index contributed by atoms with van der Waals surface area (Å²) in [4.78, 5) is 26.2. The van der Waals surface area contributed by atoms with Gasteiger partial charge in [-0.05, 0) is 6.07 Å². The van der Waals surface area contributed by atoms with Gasteiger partial charge in [-0.25, -0.2) is 9.78 Å². The average Bonchev–Trinajstić information content (AvgIpc) is 2.99. The Balaban J connectivity index is 2.20. The van der Waals surface area contributed by atoms with Crippen molar-refractivity contribution < 1.29 is 14.5 Å². The molecule has 0 bridgehead atoms. The quantitative estimate of drug-likeness (QED) is 0.492. The fourth-order valence-electron chi connectivity index (χ4n) is 1.81. The molecule has 116 valence electrons. The molecule has 2 rings (SSSR count). The van der Waals surface area contributed by atoms with Crippen molar-refractivity contribution in [3.05, 3.63) is 49.4 Å². The van der Waals surface area contributed by atoms with Gasteiger partial charge in [-0.2, -0.15) is 0 Å². The molecular weight excluding hydrogens is 330 g/mol. The van der Waals surface area contributed by atoms with Crippen molar-refractivity contribution in [2.45, 2.75) is 6.42 Å². The van der Waals surface area contributed by atoms with Gasteiger partial charge in [-0.1, -0.05) is 11.6 Å². The van der Waals surface area contributed by atoms with Crippen molar-refractivity contribution >= 4 is 40.3 Å². The number of thiazole rings is 1. The van der Waals surface area contributed by atoms with Crippen LogP contribution in [0.1, 0.15) is 16.1 Å². The standard InChI is InChI=1S/C13H12ClN3O4S/c1-21-13(18)9-4-12(17(19)20)11(5-10(9)14)15-3-2-8-6-22-7-16-8/h4-7,15H,2-3H2,1H3. The fraction of sp³-hybridized carbons (Fsp3) is 0.231. The molecule has 0 aliphatic carbocycles. The number of carbonyl (C=O) groups excluding carboxylic acids is 1. The Labute approximate surface area is 135 Å². The van der Waals surface area contributed by atoms with Gasteiger partial charge in [-0.15, -0.1) is 11.3 Å². The van der Waals surface area contributed by atoms with Gasteiger partial charge in [0, 0.05) is 24.4 Å². The minimum absolute atomic E-state index is 0.0408. The summed E-state index contributed by atoms with van der Waals surface area (Å²) in [5, 5.41) is 16.1. The van der Waals surface area contributed by atoms with E-state index in [0.717, 1.165) is 11.8 Å². The molecule has 1 aromatic carbocycles. The predicted octanol–water partition coefficient (Wildman–Crippen LogP) is 3.15. The van der Waals surface area contributed by atoms with Crippen molar-refractivity contribution in [1.82, 2.24) is 4.98 Å². The lowest BCUT2D eigenvalue weighted by molar-refractivity contribution is -0.384. The normalized spacial score (nSPS) is 10.3. The van der Waals surface area contributed by atoms with Crippen molar-refractivity contribution in [3.8, 4) is 0 Å². The molecule has 1 N–H and O–H groups in total. The smallest absolute Gasteiger partial charge is 0.339 e. The van der Waals surface area contributed by atoms with Gasteiger partial charge in [0.05, 0.1) is 33.8 Å². The van der Waals surface area contributed by atoms with Gasteiger partial charge < -0.3 is 10.1 Å². The first-order valence-electron chi connectivity index (χ1n) is 6.20. The molecule has 9 heteroatoms. The number of methoxy groups -OCH3 is 1. The van der Waals surface area contributed by atoms with Crippen LogP contribution in [0.2, 0.25) is 5.02 Å². The number of hydrogen-bond acceptors (Lipinski definition) is 7. The number of nitrogens with zero attached hydrogens (tertiary/aromatic N) is 2. The highest BCUT2D eigenvalue weighted by molar-refractivity contribution is 7.07. The summed E-state index contributed by atoms with van der Waals surface area (Å²) >= 11 is 7.47. The summed E-state index contributed by atoms with van der Waals surface area (Å²) in [6.07, 6.45) is 0.622. The predicted molar refractivity (Wildman–Crippen MR) is 83.8 cm³/mol. The Morgan fingerprint density at radius 3 is 2.91 bits per heavy atom. The summed E-state index contributed by atoms with van der Waals surface area (Å²) in [5.74, 6) is -0.720. The zero-order chi connectivity index (χ0) is 16.1. The SMILES string of the molecule is COC(=O)c1cc([N+](=O)[O-])c(NCCc2cscn2)cc1Cl. The largest absolute Gasteiger partial charge is 0.465 e. The topological polar surface area (TPSA) is 94.4 Å². The first-order valence-corrected chi connectivity index (χ1v) is 7.52. The number of nitro benzene ring substituents is 1. The van der Waals surface area contributed by atoms with Crippen LogP contribution in [0.25, 0.3) is 0 Å². The van der Waals surface area contributed by atoms with E-state index in [-0.39, 0.29) is 22.0 Å². The number of anilines is 1. The molecule has 1 aromatic heterocycles. The summed E-state index contributed by atoms with van der Waals surface area (Å²) in [6.45, 7) is 0.457. The van der Waals surface area contributed by atoms with Gasteiger partial charge in [0.1, 0.15) is 5.69 Å². The molecule has 1 heterocycles. The maximum Gasteiger partial charge on any atom is 0.339 e. The van der Waals surface area contributed by atoms with Gasteiger partial charge in [0.25, 0.3) is 5.69 Å². The summed E-state index contributed by atoms with van der Waals surface area (Å²) < 4.78 is 4.55. The molecule has 0 fully saturated rings. The number of halogens is 1. The lowest BCUT2D eigenvalue weighted by atomic mass is 10.1. The van der Waals surface area contributed by atoms with Crippen LogP contribution in [-0.4, -0.2) is 29.5 Å². The van der Waals surface area contributed by atoms with Crippen molar-refractivity contribution in [3.63, 3.8) is 0 Å². The van der Waals surface area contributed by atoms with Crippen molar-refractivity contribution in [2.24, 2.45) is 0 Å². The van der Waals surface area contributed by atoms with Gasteiger partial charge in [0.15, 0.2) is 0 Å². The van der Waals surface area contributed by atoms with Crippen LogP contribution < -0.4 is 5.32 Å². The Hall–Kier alpha value is -2.19. The van der Waals surface area contributed by atoms with E-state index in [4.69, 9.17) is 11.6 Å². The van der Waals surface area contributed by atoms with Gasteiger partial charge in [-0.3, -0.25) is 10.1 Å². The monoisotopic (exact) mass is 341 g/mol. The van der Waals surface area contributed by atoms with Crippen LogP contribution in [0.15, 0.2) is 23.0 Å². The number of nitrogens with one attached hydrogen (secondary N) is 1. The van der Waals surface area contributed by atoms with E-state index in [2.05, 4.69) is 15.0 Å². The Morgan fingerprint density at radius 1 is 1.55 bits per heavy atom. The third kappa shape index (κ3) is 3.71. The third-order valence-electron chi connectivity index (χ3n) is 2.87.